The fourth-order valence-electron chi connectivity index (χ4n) is 3.95. The van der Waals surface area contributed by atoms with Crippen molar-refractivity contribution in [2.24, 2.45) is 17.8 Å². The zero-order valence-electron chi connectivity index (χ0n) is 12.1. The zero-order chi connectivity index (χ0) is 14.8. The van der Waals surface area contributed by atoms with E-state index in [0.717, 1.165) is 24.7 Å². The van der Waals surface area contributed by atoms with Gasteiger partial charge >= 0.3 is 0 Å². The van der Waals surface area contributed by atoms with Gasteiger partial charge in [0.15, 0.2) is 0 Å². The van der Waals surface area contributed by atoms with Crippen molar-refractivity contribution in [3.8, 4) is 5.75 Å². The predicted molar refractivity (Wildman–Crippen MR) is 84.5 cm³/mol. The highest BCUT2D eigenvalue weighted by Gasteiger charge is 2.34. The third-order valence-corrected chi connectivity index (χ3v) is 5.44. The number of phenols is 1. The maximum absolute atomic E-state index is 12.4. The topological polar surface area (TPSA) is 49.3 Å². The van der Waals surface area contributed by atoms with Crippen molar-refractivity contribution in [3.63, 3.8) is 0 Å². The van der Waals surface area contributed by atoms with E-state index in [0.29, 0.717) is 10.7 Å². The van der Waals surface area contributed by atoms with Crippen LogP contribution in [0.1, 0.15) is 44.9 Å². The monoisotopic (exact) mass is 307 g/mol. The van der Waals surface area contributed by atoms with Crippen LogP contribution in [0.2, 0.25) is 5.02 Å². The van der Waals surface area contributed by atoms with Crippen molar-refractivity contribution in [1.29, 1.82) is 0 Å². The number of benzene rings is 1. The van der Waals surface area contributed by atoms with Gasteiger partial charge in [-0.1, -0.05) is 37.3 Å². The maximum atomic E-state index is 12.4. The molecule has 0 saturated heterocycles. The quantitative estimate of drug-likeness (QED) is 0.839. The molecule has 0 aromatic heterocycles. The molecule has 0 bridgehead atoms. The van der Waals surface area contributed by atoms with Gasteiger partial charge in [0.05, 0.1) is 5.02 Å². The van der Waals surface area contributed by atoms with Crippen molar-refractivity contribution in [1.82, 2.24) is 0 Å². The molecule has 2 aliphatic rings. The smallest absolute Gasteiger partial charge is 0.227 e. The van der Waals surface area contributed by atoms with Crippen molar-refractivity contribution in [3.05, 3.63) is 23.2 Å². The third-order valence-electron chi connectivity index (χ3n) is 5.12. The molecule has 0 aliphatic heterocycles. The number of aromatic hydroxyl groups is 1. The molecule has 1 amide bonds. The number of fused-ring (bicyclic) bond motifs is 1. The number of hydrogen-bond acceptors (Lipinski definition) is 2. The summed E-state index contributed by atoms with van der Waals surface area (Å²) in [7, 11) is 0. The Hall–Kier alpha value is -1.22. The van der Waals surface area contributed by atoms with E-state index in [4.69, 9.17) is 11.6 Å². The maximum Gasteiger partial charge on any atom is 0.227 e. The fourth-order valence-corrected chi connectivity index (χ4v) is 4.06. The first-order chi connectivity index (χ1) is 10.1. The molecule has 3 atom stereocenters. The Labute approximate surface area is 130 Å². The van der Waals surface area contributed by atoms with Gasteiger partial charge in [-0.3, -0.25) is 4.79 Å². The summed E-state index contributed by atoms with van der Waals surface area (Å²) in [6, 6.07) is 4.84. The number of rotatable bonds is 2. The van der Waals surface area contributed by atoms with Crippen LogP contribution in [0, 0.1) is 17.8 Å². The van der Waals surface area contributed by atoms with Crippen LogP contribution in [0.4, 0.5) is 5.69 Å². The minimum atomic E-state index is 0.00505. The van der Waals surface area contributed by atoms with E-state index in [-0.39, 0.29) is 17.6 Å². The van der Waals surface area contributed by atoms with E-state index >= 15 is 0 Å². The van der Waals surface area contributed by atoms with Crippen LogP contribution in [0.5, 0.6) is 5.75 Å². The molecule has 0 spiro atoms. The summed E-state index contributed by atoms with van der Waals surface area (Å²) in [6.45, 7) is 0. The van der Waals surface area contributed by atoms with Gasteiger partial charge in [-0.25, -0.2) is 0 Å². The number of carbonyl (C=O) groups excluding carboxylic acids is 1. The van der Waals surface area contributed by atoms with Crippen molar-refractivity contribution < 1.29 is 9.90 Å². The molecule has 2 N–H and O–H groups in total. The molecular formula is C17H22ClNO2. The minimum absolute atomic E-state index is 0.00505. The highest BCUT2D eigenvalue weighted by atomic mass is 35.5. The first-order valence-electron chi connectivity index (χ1n) is 7.93. The van der Waals surface area contributed by atoms with E-state index in [2.05, 4.69) is 5.32 Å². The molecule has 3 unspecified atom stereocenters. The van der Waals surface area contributed by atoms with Gasteiger partial charge in [-0.2, -0.15) is 0 Å². The van der Waals surface area contributed by atoms with Crippen LogP contribution in [0.3, 0.4) is 0 Å². The van der Waals surface area contributed by atoms with Crippen molar-refractivity contribution >= 4 is 23.2 Å². The van der Waals surface area contributed by atoms with Gasteiger partial charge in [-0.15, -0.1) is 0 Å². The molecule has 1 aromatic rings. The van der Waals surface area contributed by atoms with Crippen LogP contribution in [-0.4, -0.2) is 11.0 Å². The van der Waals surface area contributed by atoms with E-state index in [1.165, 1.54) is 38.2 Å². The lowest BCUT2D eigenvalue weighted by Crippen LogP contribution is -2.33. The number of nitrogens with one attached hydrogen (secondary N) is 1. The Kier molecular flexibility index (Phi) is 4.39. The van der Waals surface area contributed by atoms with Gasteiger partial charge in [0.25, 0.3) is 0 Å². The van der Waals surface area contributed by atoms with Crippen molar-refractivity contribution in [2.75, 3.05) is 5.32 Å². The lowest BCUT2D eigenvalue weighted by molar-refractivity contribution is -0.122. The number of hydrogen-bond donors (Lipinski definition) is 2. The lowest BCUT2D eigenvalue weighted by Gasteiger charge is -2.38. The summed E-state index contributed by atoms with van der Waals surface area (Å²) >= 11 is 5.78. The first-order valence-corrected chi connectivity index (χ1v) is 8.30. The largest absolute Gasteiger partial charge is 0.506 e. The molecule has 0 heterocycles. The number of anilines is 1. The molecule has 4 heteroatoms. The summed E-state index contributed by atoms with van der Waals surface area (Å²) < 4.78 is 0. The second kappa shape index (κ2) is 6.27. The molecule has 3 nitrogen and oxygen atoms in total. The van der Waals surface area contributed by atoms with E-state index < -0.39 is 0 Å². The first kappa shape index (κ1) is 14.7. The lowest BCUT2D eigenvalue weighted by atomic mass is 9.67. The minimum Gasteiger partial charge on any atom is -0.506 e. The van der Waals surface area contributed by atoms with Gasteiger partial charge in [0, 0.05) is 17.7 Å². The molecular weight excluding hydrogens is 286 g/mol. The van der Waals surface area contributed by atoms with Crippen LogP contribution < -0.4 is 5.32 Å². The predicted octanol–water partition coefficient (Wildman–Crippen LogP) is 4.59. The van der Waals surface area contributed by atoms with Crippen LogP contribution in [-0.2, 0) is 4.79 Å². The number of carbonyl (C=O) groups is 1. The Morgan fingerprint density at radius 1 is 1.14 bits per heavy atom. The normalized spacial score (nSPS) is 28.7. The average Bonchev–Trinajstić information content (AvgIpc) is 2.50. The number of halogens is 1. The fraction of sp³-hybridized carbons (Fsp3) is 0.588. The zero-order valence-corrected chi connectivity index (χ0v) is 12.9. The van der Waals surface area contributed by atoms with E-state index in [9.17, 15) is 9.90 Å². The summed E-state index contributed by atoms with van der Waals surface area (Å²) in [5.74, 6) is 1.79. The van der Waals surface area contributed by atoms with Gasteiger partial charge in [0.1, 0.15) is 5.75 Å². The Balaban J connectivity index is 1.61. The average molecular weight is 308 g/mol. The second-order valence-corrected chi connectivity index (χ2v) is 6.88. The second-order valence-electron chi connectivity index (χ2n) is 6.47. The number of phenolic OH excluding ortho intramolecular Hbond substituents is 1. The molecule has 114 valence electrons. The molecule has 1 aromatic carbocycles. The van der Waals surface area contributed by atoms with Crippen LogP contribution in [0.15, 0.2) is 18.2 Å². The highest BCUT2D eigenvalue weighted by Crippen LogP contribution is 2.43. The Morgan fingerprint density at radius 3 is 2.67 bits per heavy atom. The Bertz CT molecular complexity index is 532. The highest BCUT2D eigenvalue weighted by molar-refractivity contribution is 6.32. The Morgan fingerprint density at radius 2 is 1.90 bits per heavy atom. The van der Waals surface area contributed by atoms with Crippen molar-refractivity contribution in [2.45, 2.75) is 44.9 Å². The SMILES string of the molecule is O=C(Nc1ccc(Cl)c(O)c1)C1CCC2CCCCC2C1. The summed E-state index contributed by atoms with van der Waals surface area (Å²) in [4.78, 5) is 12.4. The molecule has 21 heavy (non-hydrogen) atoms. The summed E-state index contributed by atoms with van der Waals surface area (Å²) in [6.07, 6.45) is 8.53. The molecule has 3 rings (SSSR count). The summed E-state index contributed by atoms with van der Waals surface area (Å²) in [5.41, 5.74) is 0.618. The molecule has 2 saturated carbocycles. The van der Waals surface area contributed by atoms with Gasteiger partial charge in [0.2, 0.25) is 5.91 Å². The molecule has 2 aliphatic carbocycles. The molecule has 2 fully saturated rings. The third kappa shape index (κ3) is 3.34. The van der Waals surface area contributed by atoms with Gasteiger partial charge in [-0.05, 0) is 43.2 Å². The summed E-state index contributed by atoms with van der Waals surface area (Å²) in [5, 5.41) is 12.8. The van der Waals surface area contributed by atoms with E-state index in [1.807, 2.05) is 0 Å². The standard InChI is InChI=1S/C17H22ClNO2/c18-15-8-7-14(10-16(15)20)19-17(21)13-6-5-11-3-1-2-4-12(11)9-13/h7-8,10-13,20H,1-6,9H2,(H,19,21). The van der Waals surface area contributed by atoms with Crippen LogP contribution >= 0.6 is 11.6 Å². The van der Waals surface area contributed by atoms with E-state index in [1.54, 1.807) is 12.1 Å². The van der Waals surface area contributed by atoms with Crippen LogP contribution in [0.25, 0.3) is 0 Å². The number of amides is 1. The molecule has 0 radical (unpaired) electrons. The van der Waals surface area contributed by atoms with Gasteiger partial charge < -0.3 is 10.4 Å².